The second kappa shape index (κ2) is 6.02. The van der Waals surface area contributed by atoms with Crippen molar-refractivity contribution in [2.24, 2.45) is 11.8 Å². The van der Waals surface area contributed by atoms with Crippen molar-refractivity contribution in [3.8, 4) is 0 Å². The van der Waals surface area contributed by atoms with Crippen molar-refractivity contribution in [1.82, 2.24) is 10.2 Å². The zero-order chi connectivity index (χ0) is 11.4. The average molecular weight is 224 g/mol. The van der Waals surface area contributed by atoms with Crippen molar-refractivity contribution in [2.45, 2.75) is 52.0 Å². The van der Waals surface area contributed by atoms with Crippen LogP contribution in [0.5, 0.6) is 0 Å². The van der Waals surface area contributed by atoms with Gasteiger partial charge in [-0.3, -0.25) is 0 Å². The van der Waals surface area contributed by atoms with Gasteiger partial charge in [0.1, 0.15) is 0 Å². The number of piperazine rings is 1. The highest BCUT2D eigenvalue weighted by molar-refractivity contribution is 4.79. The molecular weight excluding hydrogens is 196 g/mol. The van der Waals surface area contributed by atoms with E-state index in [1.54, 1.807) is 0 Å². The molecule has 0 aromatic carbocycles. The maximum absolute atomic E-state index is 3.52. The summed E-state index contributed by atoms with van der Waals surface area (Å²) in [6.45, 7) is 9.73. The van der Waals surface area contributed by atoms with Gasteiger partial charge in [0.05, 0.1) is 0 Å². The third kappa shape index (κ3) is 3.46. The lowest BCUT2D eigenvalue weighted by Crippen LogP contribution is -2.50. The van der Waals surface area contributed by atoms with E-state index in [2.05, 4.69) is 24.1 Å². The van der Waals surface area contributed by atoms with E-state index < -0.39 is 0 Å². The highest BCUT2D eigenvalue weighted by Crippen LogP contribution is 2.31. The number of rotatable bonds is 3. The minimum Gasteiger partial charge on any atom is -0.312 e. The Kier molecular flexibility index (Phi) is 4.66. The van der Waals surface area contributed by atoms with Crippen molar-refractivity contribution in [3.05, 3.63) is 0 Å². The molecule has 1 unspecified atom stereocenters. The standard InChI is InChI=1S/C14H28N2/c1-3-13-4-6-14(7-5-13)11-16-9-8-15-12(2)10-16/h12-15H,3-11H2,1-2H3. The first-order valence-corrected chi connectivity index (χ1v) is 7.23. The molecule has 0 aromatic heterocycles. The van der Waals surface area contributed by atoms with Crippen LogP contribution in [0.4, 0.5) is 0 Å². The van der Waals surface area contributed by atoms with Crippen molar-refractivity contribution in [3.63, 3.8) is 0 Å². The largest absolute Gasteiger partial charge is 0.312 e. The van der Waals surface area contributed by atoms with Crippen LogP contribution < -0.4 is 5.32 Å². The summed E-state index contributed by atoms with van der Waals surface area (Å²) in [6.07, 6.45) is 7.34. The van der Waals surface area contributed by atoms with Crippen LogP contribution in [-0.4, -0.2) is 37.1 Å². The molecule has 1 N–H and O–H groups in total. The fraction of sp³-hybridized carbons (Fsp3) is 1.00. The molecule has 1 saturated carbocycles. The minimum absolute atomic E-state index is 0.695. The van der Waals surface area contributed by atoms with Crippen molar-refractivity contribution >= 4 is 0 Å². The van der Waals surface area contributed by atoms with E-state index in [1.165, 1.54) is 58.3 Å². The van der Waals surface area contributed by atoms with Gasteiger partial charge in [-0.15, -0.1) is 0 Å². The molecule has 0 radical (unpaired) electrons. The number of hydrogen-bond donors (Lipinski definition) is 1. The second-order valence-electron chi connectivity index (χ2n) is 5.91. The third-order valence-electron chi connectivity index (χ3n) is 4.51. The molecular formula is C14H28N2. The summed E-state index contributed by atoms with van der Waals surface area (Å²) >= 11 is 0. The Morgan fingerprint density at radius 1 is 1.12 bits per heavy atom. The smallest absolute Gasteiger partial charge is 0.0167 e. The van der Waals surface area contributed by atoms with E-state index in [0.29, 0.717) is 6.04 Å². The second-order valence-corrected chi connectivity index (χ2v) is 5.91. The van der Waals surface area contributed by atoms with Gasteiger partial charge in [-0.05, 0) is 31.6 Å². The van der Waals surface area contributed by atoms with Crippen LogP contribution >= 0.6 is 0 Å². The van der Waals surface area contributed by atoms with Gasteiger partial charge < -0.3 is 10.2 Å². The summed E-state index contributed by atoms with van der Waals surface area (Å²) in [5.41, 5.74) is 0. The molecule has 2 fully saturated rings. The Balaban J connectivity index is 1.69. The zero-order valence-electron chi connectivity index (χ0n) is 11.0. The molecule has 0 spiro atoms. The summed E-state index contributed by atoms with van der Waals surface area (Å²) in [5, 5.41) is 3.52. The van der Waals surface area contributed by atoms with Crippen LogP contribution in [0.3, 0.4) is 0 Å². The lowest BCUT2D eigenvalue weighted by atomic mass is 9.80. The molecule has 2 nitrogen and oxygen atoms in total. The van der Waals surface area contributed by atoms with Crippen LogP contribution in [0.25, 0.3) is 0 Å². The maximum atomic E-state index is 3.52. The van der Waals surface area contributed by atoms with Crippen molar-refractivity contribution in [2.75, 3.05) is 26.2 Å². The Morgan fingerprint density at radius 2 is 1.81 bits per heavy atom. The normalized spacial score (nSPS) is 37.5. The highest BCUT2D eigenvalue weighted by Gasteiger charge is 2.23. The average Bonchev–Trinajstić information content (AvgIpc) is 2.30. The summed E-state index contributed by atoms with van der Waals surface area (Å²) in [4.78, 5) is 2.68. The fourth-order valence-electron chi connectivity index (χ4n) is 3.37. The summed E-state index contributed by atoms with van der Waals surface area (Å²) in [6, 6.07) is 0.695. The van der Waals surface area contributed by atoms with E-state index >= 15 is 0 Å². The number of nitrogens with one attached hydrogen (secondary N) is 1. The Bertz CT molecular complexity index is 197. The van der Waals surface area contributed by atoms with E-state index in [0.717, 1.165) is 11.8 Å². The van der Waals surface area contributed by atoms with Crippen molar-refractivity contribution in [1.29, 1.82) is 0 Å². The lowest BCUT2D eigenvalue weighted by molar-refractivity contribution is 0.148. The Labute approximate surface area is 101 Å². The first kappa shape index (κ1) is 12.4. The van der Waals surface area contributed by atoms with Gasteiger partial charge in [-0.1, -0.05) is 26.2 Å². The molecule has 1 aliphatic heterocycles. The summed E-state index contributed by atoms with van der Waals surface area (Å²) < 4.78 is 0. The predicted octanol–water partition coefficient (Wildman–Crippen LogP) is 2.50. The Morgan fingerprint density at radius 3 is 2.44 bits per heavy atom. The van der Waals surface area contributed by atoms with Crippen LogP contribution in [0.15, 0.2) is 0 Å². The molecule has 1 aliphatic carbocycles. The Hall–Kier alpha value is -0.0800. The van der Waals surface area contributed by atoms with E-state index in [4.69, 9.17) is 0 Å². The van der Waals surface area contributed by atoms with Crippen molar-refractivity contribution < 1.29 is 0 Å². The monoisotopic (exact) mass is 224 g/mol. The number of nitrogens with zero attached hydrogens (tertiary/aromatic N) is 1. The molecule has 0 aromatic rings. The van der Waals surface area contributed by atoms with Crippen LogP contribution in [0.2, 0.25) is 0 Å². The maximum Gasteiger partial charge on any atom is 0.0167 e. The van der Waals surface area contributed by atoms with Gasteiger partial charge >= 0.3 is 0 Å². The molecule has 94 valence electrons. The zero-order valence-corrected chi connectivity index (χ0v) is 11.0. The topological polar surface area (TPSA) is 15.3 Å². The molecule has 1 atom stereocenters. The highest BCUT2D eigenvalue weighted by atomic mass is 15.2. The van der Waals surface area contributed by atoms with Crippen LogP contribution in [0, 0.1) is 11.8 Å². The molecule has 2 rings (SSSR count). The van der Waals surface area contributed by atoms with E-state index in [1.807, 2.05) is 0 Å². The molecule has 2 heteroatoms. The summed E-state index contributed by atoms with van der Waals surface area (Å²) in [5.74, 6) is 2.03. The molecule has 16 heavy (non-hydrogen) atoms. The molecule has 2 aliphatic rings. The molecule has 1 heterocycles. The first-order valence-electron chi connectivity index (χ1n) is 7.23. The minimum atomic E-state index is 0.695. The quantitative estimate of drug-likeness (QED) is 0.792. The van der Waals surface area contributed by atoms with Crippen LogP contribution in [-0.2, 0) is 0 Å². The number of hydrogen-bond acceptors (Lipinski definition) is 2. The third-order valence-corrected chi connectivity index (χ3v) is 4.51. The van der Waals surface area contributed by atoms with Gasteiger partial charge in [0.2, 0.25) is 0 Å². The van der Waals surface area contributed by atoms with Gasteiger partial charge in [0, 0.05) is 32.2 Å². The molecule has 0 bridgehead atoms. The van der Waals surface area contributed by atoms with Gasteiger partial charge in [-0.2, -0.15) is 0 Å². The fourth-order valence-corrected chi connectivity index (χ4v) is 3.37. The first-order chi connectivity index (χ1) is 7.78. The molecule has 0 amide bonds. The molecule has 1 saturated heterocycles. The van der Waals surface area contributed by atoms with Crippen LogP contribution in [0.1, 0.15) is 46.0 Å². The predicted molar refractivity (Wildman–Crippen MR) is 69.6 cm³/mol. The SMILES string of the molecule is CCC1CCC(CN2CCNC(C)C2)CC1. The van der Waals surface area contributed by atoms with E-state index in [9.17, 15) is 0 Å². The van der Waals surface area contributed by atoms with E-state index in [-0.39, 0.29) is 0 Å². The lowest BCUT2D eigenvalue weighted by Gasteiger charge is -2.36. The van der Waals surface area contributed by atoms with Gasteiger partial charge in [-0.25, -0.2) is 0 Å². The summed E-state index contributed by atoms with van der Waals surface area (Å²) in [7, 11) is 0. The van der Waals surface area contributed by atoms with Gasteiger partial charge in [0.25, 0.3) is 0 Å². The van der Waals surface area contributed by atoms with Gasteiger partial charge in [0.15, 0.2) is 0 Å².